The third-order valence-corrected chi connectivity index (χ3v) is 3.12. The summed E-state index contributed by atoms with van der Waals surface area (Å²) in [4.78, 5) is 11.1. The Morgan fingerprint density at radius 1 is 1.05 bits per heavy atom. The molecule has 110 valence electrons. The summed E-state index contributed by atoms with van der Waals surface area (Å²) in [5.41, 5.74) is -1.63. The van der Waals surface area contributed by atoms with E-state index in [0.717, 1.165) is 36.4 Å². The zero-order valence-electron chi connectivity index (χ0n) is 10.2. The molecule has 0 bridgehead atoms. The molecule has 0 fully saturated rings. The number of halogens is 5. The van der Waals surface area contributed by atoms with Gasteiger partial charge in [0.15, 0.2) is 0 Å². The second-order valence-electron chi connectivity index (χ2n) is 4.16. The monoisotopic (exact) mass is 318 g/mol. The molecule has 21 heavy (non-hydrogen) atoms. The number of carboxylic acid groups (broad SMARTS) is 1. The van der Waals surface area contributed by atoms with Crippen molar-refractivity contribution in [2.75, 3.05) is 0 Å². The first-order valence-electron chi connectivity index (χ1n) is 5.60. The van der Waals surface area contributed by atoms with Crippen LogP contribution in [0.1, 0.15) is 15.9 Å². The molecule has 2 aromatic rings. The van der Waals surface area contributed by atoms with E-state index in [1.165, 1.54) is 0 Å². The van der Waals surface area contributed by atoms with Crippen LogP contribution in [0.5, 0.6) is 0 Å². The van der Waals surface area contributed by atoms with Crippen molar-refractivity contribution in [1.29, 1.82) is 0 Å². The molecule has 1 N–H and O–H groups in total. The molecule has 0 heterocycles. The molecule has 0 aromatic heterocycles. The van der Waals surface area contributed by atoms with Crippen LogP contribution in [0.2, 0.25) is 5.02 Å². The summed E-state index contributed by atoms with van der Waals surface area (Å²) in [6, 6.07) is 5.69. The first-order valence-corrected chi connectivity index (χ1v) is 5.98. The van der Waals surface area contributed by atoms with E-state index in [2.05, 4.69) is 0 Å². The molecular weight excluding hydrogens is 312 g/mol. The van der Waals surface area contributed by atoms with E-state index in [1.54, 1.807) is 0 Å². The summed E-state index contributed by atoms with van der Waals surface area (Å²) in [5, 5.41) is 8.73. The SMILES string of the molecule is O=C(O)c1ccc(Cl)c(F)c1-c1ccc(C(F)(F)F)cc1. The van der Waals surface area contributed by atoms with Gasteiger partial charge in [-0.25, -0.2) is 9.18 Å². The first-order chi connectivity index (χ1) is 9.71. The molecule has 0 spiro atoms. The van der Waals surface area contributed by atoms with Gasteiger partial charge in [-0.15, -0.1) is 0 Å². The molecule has 0 aliphatic heterocycles. The van der Waals surface area contributed by atoms with Crippen LogP contribution < -0.4 is 0 Å². The Morgan fingerprint density at radius 2 is 1.62 bits per heavy atom. The fourth-order valence-electron chi connectivity index (χ4n) is 1.84. The number of hydrogen-bond donors (Lipinski definition) is 1. The number of carbonyl (C=O) groups is 1. The maximum atomic E-state index is 14.0. The van der Waals surface area contributed by atoms with Gasteiger partial charge in [0.05, 0.1) is 16.1 Å². The van der Waals surface area contributed by atoms with Crippen molar-refractivity contribution in [3.8, 4) is 11.1 Å². The summed E-state index contributed by atoms with van der Waals surface area (Å²) in [5.74, 6) is -2.39. The molecule has 7 heteroatoms. The average molecular weight is 319 g/mol. The summed E-state index contributed by atoms with van der Waals surface area (Å²) in [6.07, 6.45) is -4.53. The van der Waals surface area contributed by atoms with Crippen LogP contribution in [0.15, 0.2) is 36.4 Å². The fourth-order valence-corrected chi connectivity index (χ4v) is 1.99. The highest BCUT2D eigenvalue weighted by molar-refractivity contribution is 6.31. The molecule has 0 radical (unpaired) electrons. The number of carboxylic acids is 1. The third-order valence-electron chi connectivity index (χ3n) is 2.83. The Labute approximate surface area is 121 Å². The Hall–Kier alpha value is -2.08. The van der Waals surface area contributed by atoms with E-state index in [4.69, 9.17) is 16.7 Å². The summed E-state index contributed by atoms with van der Waals surface area (Å²) in [6.45, 7) is 0. The van der Waals surface area contributed by atoms with Crippen LogP contribution in [0.3, 0.4) is 0 Å². The van der Waals surface area contributed by atoms with E-state index in [9.17, 15) is 22.4 Å². The minimum Gasteiger partial charge on any atom is -0.478 e. The van der Waals surface area contributed by atoms with E-state index in [-0.39, 0.29) is 21.7 Å². The predicted molar refractivity (Wildman–Crippen MR) is 68.8 cm³/mol. The Kier molecular flexibility index (Phi) is 3.91. The van der Waals surface area contributed by atoms with Crippen molar-refractivity contribution in [1.82, 2.24) is 0 Å². The molecule has 2 aromatic carbocycles. The normalized spacial score (nSPS) is 11.5. The molecular formula is C14H7ClF4O2. The molecule has 2 rings (SSSR count). The topological polar surface area (TPSA) is 37.3 Å². The minimum absolute atomic E-state index is 0.000370. The van der Waals surface area contributed by atoms with Gasteiger partial charge in [-0.1, -0.05) is 23.7 Å². The molecule has 0 atom stereocenters. The van der Waals surface area contributed by atoms with Gasteiger partial charge in [-0.05, 0) is 29.8 Å². The molecule has 2 nitrogen and oxygen atoms in total. The van der Waals surface area contributed by atoms with Gasteiger partial charge in [0, 0.05) is 5.56 Å². The number of rotatable bonds is 2. The Balaban J connectivity index is 2.61. The molecule has 0 aliphatic carbocycles. The van der Waals surface area contributed by atoms with Crippen molar-refractivity contribution in [3.63, 3.8) is 0 Å². The standard InChI is InChI=1S/C14H7ClF4O2/c15-10-6-5-9(13(20)21)11(12(10)16)7-1-3-8(4-2-7)14(17,18)19/h1-6H,(H,20,21). The predicted octanol–water partition coefficient (Wildman–Crippen LogP) is 4.86. The third kappa shape index (κ3) is 3.00. The van der Waals surface area contributed by atoms with Gasteiger partial charge in [-0.3, -0.25) is 0 Å². The molecule has 0 aliphatic rings. The van der Waals surface area contributed by atoms with Gasteiger partial charge in [0.2, 0.25) is 0 Å². The highest BCUT2D eigenvalue weighted by Gasteiger charge is 2.30. The van der Waals surface area contributed by atoms with Crippen LogP contribution in [0.25, 0.3) is 11.1 Å². The lowest BCUT2D eigenvalue weighted by molar-refractivity contribution is -0.137. The van der Waals surface area contributed by atoms with Gasteiger partial charge in [0.1, 0.15) is 5.82 Å². The Morgan fingerprint density at radius 3 is 2.10 bits per heavy atom. The van der Waals surface area contributed by atoms with Gasteiger partial charge >= 0.3 is 12.1 Å². The highest BCUT2D eigenvalue weighted by atomic mass is 35.5. The largest absolute Gasteiger partial charge is 0.478 e. The average Bonchev–Trinajstić information content (AvgIpc) is 2.40. The van der Waals surface area contributed by atoms with Crippen LogP contribution in [-0.2, 0) is 6.18 Å². The smallest absolute Gasteiger partial charge is 0.416 e. The molecule has 0 unspecified atom stereocenters. The number of aromatic carboxylic acids is 1. The zero-order chi connectivity index (χ0) is 15.8. The quantitative estimate of drug-likeness (QED) is 0.803. The lowest BCUT2D eigenvalue weighted by atomic mass is 9.98. The van der Waals surface area contributed by atoms with Crippen LogP contribution >= 0.6 is 11.6 Å². The zero-order valence-corrected chi connectivity index (χ0v) is 11.0. The lowest BCUT2D eigenvalue weighted by Gasteiger charge is -2.11. The van der Waals surface area contributed by atoms with Crippen molar-refractivity contribution >= 4 is 17.6 Å². The van der Waals surface area contributed by atoms with E-state index in [1.807, 2.05) is 0 Å². The first kappa shape index (κ1) is 15.3. The Bertz CT molecular complexity index is 693. The van der Waals surface area contributed by atoms with E-state index in [0.29, 0.717) is 0 Å². The minimum atomic E-state index is -4.53. The van der Waals surface area contributed by atoms with Crippen LogP contribution in [-0.4, -0.2) is 11.1 Å². The van der Waals surface area contributed by atoms with Crippen LogP contribution in [0, 0.1) is 5.82 Å². The van der Waals surface area contributed by atoms with E-state index >= 15 is 0 Å². The fraction of sp³-hybridized carbons (Fsp3) is 0.0714. The van der Waals surface area contributed by atoms with E-state index < -0.39 is 23.5 Å². The van der Waals surface area contributed by atoms with Crippen LogP contribution in [0.4, 0.5) is 17.6 Å². The second-order valence-corrected chi connectivity index (χ2v) is 4.57. The van der Waals surface area contributed by atoms with Crippen molar-refractivity contribution in [2.45, 2.75) is 6.18 Å². The highest BCUT2D eigenvalue weighted by Crippen LogP contribution is 2.34. The number of alkyl halides is 3. The van der Waals surface area contributed by atoms with Crippen molar-refractivity contribution in [3.05, 3.63) is 58.4 Å². The van der Waals surface area contributed by atoms with Gasteiger partial charge in [-0.2, -0.15) is 13.2 Å². The maximum Gasteiger partial charge on any atom is 0.416 e. The van der Waals surface area contributed by atoms with Crippen molar-refractivity contribution < 1.29 is 27.5 Å². The molecule has 0 saturated heterocycles. The molecule has 0 amide bonds. The lowest BCUT2D eigenvalue weighted by Crippen LogP contribution is -2.05. The maximum absolute atomic E-state index is 14.0. The summed E-state index contributed by atoms with van der Waals surface area (Å²) in [7, 11) is 0. The second kappa shape index (κ2) is 5.37. The van der Waals surface area contributed by atoms with Gasteiger partial charge < -0.3 is 5.11 Å². The number of hydrogen-bond acceptors (Lipinski definition) is 1. The number of benzene rings is 2. The summed E-state index contributed by atoms with van der Waals surface area (Å²) >= 11 is 5.60. The van der Waals surface area contributed by atoms with Gasteiger partial charge in [0.25, 0.3) is 0 Å². The summed E-state index contributed by atoms with van der Waals surface area (Å²) < 4.78 is 51.5. The van der Waals surface area contributed by atoms with Crippen molar-refractivity contribution in [2.24, 2.45) is 0 Å². The molecule has 0 saturated carbocycles.